The van der Waals surface area contributed by atoms with Crippen molar-refractivity contribution in [3.63, 3.8) is 0 Å². The van der Waals surface area contributed by atoms with E-state index >= 15 is 0 Å². The van der Waals surface area contributed by atoms with E-state index in [2.05, 4.69) is 88.3 Å². The standard InChI is InChI=1S/C25H18BrN3/c1-13-3-6-16-17-7-4-14(2)10-20(17)24-23(19(16)9-13)28-25(29-24)21-12-27-22-8-5-15(26)11-18(21)22/h3-12,27H,1-2H3,(H,28,29). The monoisotopic (exact) mass is 439 g/mol. The van der Waals surface area contributed by atoms with Crippen LogP contribution in [0.25, 0.3) is 54.9 Å². The molecule has 6 rings (SSSR count). The van der Waals surface area contributed by atoms with E-state index in [4.69, 9.17) is 4.98 Å². The summed E-state index contributed by atoms with van der Waals surface area (Å²) in [5.41, 5.74) is 6.80. The lowest BCUT2D eigenvalue weighted by atomic mass is 9.97. The van der Waals surface area contributed by atoms with Crippen LogP contribution < -0.4 is 0 Å². The normalized spacial score (nSPS) is 12.0. The third-order valence-corrected chi connectivity index (χ3v) is 6.26. The zero-order valence-corrected chi connectivity index (χ0v) is 17.7. The fourth-order valence-electron chi connectivity index (χ4n) is 4.37. The van der Waals surface area contributed by atoms with Crippen molar-refractivity contribution in [3.05, 3.63) is 76.4 Å². The van der Waals surface area contributed by atoms with E-state index in [0.29, 0.717) is 0 Å². The molecule has 2 N–H and O–H groups in total. The number of hydrogen-bond donors (Lipinski definition) is 2. The first-order valence-corrected chi connectivity index (χ1v) is 10.5. The van der Waals surface area contributed by atoms with Crippen LogP contribution in [0.4, 0.5) is 0 Å². The molecule has 0 saturated heterocycles. The molecule has 0 radical (unpaired) electrons. The van der Waals surface area contributed by atoms with E-state index in [1.54, 1.807) is 0 Å². The maximum absolute atomic E-state index is 5.09. The zero-order chi connectivity index (χ0) is 19.7. The molecule has 29 heavy (non-hydrogen) atoms. The minimum absolute atomic E-state index is 0.890. The number of rotatable bonds is 1. The van der Waals surface area contributed by atoms with Gasteiger partial charge in [0.05, 0.1) is 11.0 Å². The van der Waals surface area contributed by atoms with Crippen molar-refractivity contribution < 1.29 is 0 Å². The highest BCUT2D eigenvalue weighted by Crippen LogP contribution is 2.37. The van der Waals surface area contributed by atoms with Gasteiger partial charge >= 0.3 is 0 Å². The van der Waals surface area contributed by atoms with E-state index in [1.165, 1.54) is 32.7 Å². The van der Waals surface area contributed by atoms with Gasteiger partial charge in [-0.05, 0) is 55.0 Å². The second kappa shape index (κ2) is 5.94. The van der Waals surface area contributed by atoms with Crippen LogP contribution in [0.5, 0.6) is 0 Å². The number of benzene rings is 4. The van der Waals surface area contributed by atoms with Crippen LogP contribution in [0, 0.1) is 13.8 Å². The van der Waals surface area contributed by atoms with E-state index in [1.807, 2.05) is 12.3 Å². The Morgan fingerprint density at radius 1 is 0.759 bits per heavy atom. The lowest BCUT2D eigenvalue weighted by molar-refractivity contribution is 1.34. The number of aryl methyl sites for hydroxylation is 2. The Morgan fingerprint density at radius 3 is 2.28 bits per heavy atom. The minimum Gasteiger partial charge on any atom is -0.360 e. The maximum atomic E-state index is 5.09. The molecule has 0 fully saturated rings. The molecule has 3 nitrogen and oxygen atoms in total. The molecular weight excluding hydrogens is 422 g/mol. The van der Waals surface area contributed by atoms with Crippen LogP contribution in [-0.2, 0) is 0 Å². The van der Waals surface area contributed by atoms with Gasteiger partial charge in [0.15, 0.2) is 0 Å². The first-order valence-electron chi connectivity index (χ1n) is 9.68. The van der Waals surface area contributed by atoms with Crippen LogP contribution in [0.1, 0.15) is 11.1 Å². The van der Waals surface area contributed by atoms with Crippen LogP contribution in [0.2, 0.25) is 0 Å². The van der Waals surface area contributed by atoms with Crippen LogP contribution >= 0.6 is 15.9 Å². The second-order valence-corrected chi connectivity index (χ2v) is 8.72. The molecule has 0 bridgehead atoms. The fraction of sp³-hybridized carbons (Fsp3) is 0.0800. The van der Waals surface area contributed by atoms with Gasteiger partial charge in [0.2, 0.25) is 0 Å². The molecule has 0 atom stereocenters. The van der Waals surface area contributed by atoms with Crippen molar-refractivity contribution in [2.45, 2.75) is 13.8 Å². The minimum atomic E-state index is 0.890. The Bertz CT molecular complexity index is 1510. The van der Waals surface area contributed by atoms with Gasteiger partial charge in [0.25, 0.3) is 0 Å². The number of aromatic nitrogens is 3. The second-order valence-electron chi connectivity index (χ2n) is 7.80. The Hall–Kier alpha value is -3.11. The van der Waals surface area contributed by atoms with Gasteiger partial charge in [-0.2, -0.15) is 0 Å². The van der Waals surface area contributed by atoms with Crippen molar-refractivity contribution in [1.29, 1.82) is 0 Å². The summed E-state index contributed by atoms with van der Waals surface area (Å²) in [5.74, 6) is 0.890. The number of imidazole rings is 1. The maximum Gasteiger partial charge on any atom is 0.140 e. The molecular formula is C25H18BrN3. The number of nitrogens with one attached hydrogen (secondary N) is 2. The summed E-state index contributed by atoms with van der Waals surface area (Å²) in [7, 11) is 0. The third kappa shape index (κ3) is 2.45. The van der Waals surface area contributed by atoms with Gasteiger partial charge in [-0.15, -0.1) is 0 Å². The van der Waals surface area contributed by atoms with Crippen LogP contribution in [0.15, 0.2) is 65.3 Å². The summed E-state index contributed by atoms with van der Waals surface area (Å²) < 4.78 is 1.06. The quantitative estimate of drug-likeness (QED) is 0.257. The average molecular weight is 440 g/mol. The number of halogens is 1. The highest BCUT2D eigenvalue weighted by Gasteiger charge is 2.16. The summed E-state index contributed by atoms with van der Waals surface area (Å²) >= 11 is 3.60. The van der Waals surface area contributed by atoms with Crippen molar-refractivity contribution in [3.8, 4) is 11.4 Å². The zero-order valence-electron chi connectivity index (χ0n) is 16.1. The highest BCUT2D eigenvalue weighted by molar-refractivity contribution is 9.10. The molecule has 0 unspecified atom stereocenters. The van der Waals surface area contributed by atoms with Gasteiger partial charge in [-0.1, -0.05) is 51.3 Å². The number of aromatic amines is 2. The lowest BCUT2D eigenvalue weighted by Gasteiger charge is -2.08. The topological polar surface area (TPSA) is 44.5 Å². The highest BCUT2D eigenvalue weighted by atomic mass is 79.9. The fourth-order valence-corrected chi connectivity index (χ4v) is 4.73. The van der Waals surface area contributed by atoms with E-state index in [9.17, 15) is 0 Å². The van der Waals surface area contributed by atoms with Crippen molar-refractivity contribution in [2.75, 3.05) is 0 Å². The molecule has 0 amide bonds. The van der Waals surface area contributed by atoms with Crippen molar-refractivity contribution >= 4 is 59.4 Å². The van der Waals surface area contributed by atoms with E-state index < -0.39 is 0 Å². The number of fused-ring (bicyclic) bond motifs is 7. The molecule has 0 saturated carbocycles. The summed E-state index contributed by atoms with van der Waals surface area (Å²) in [4.78, 5) is 12.1. The molecule has 4 aromatic carbocycles. The summed E-state index contributed by atoms with van der Waals surface area (Å²) in [5, 5.41) is 6.07. The van der Waals surface area contributed by atoms with Gasteiger partial charge in [-0.25, -0.2) is 4.98 Å². The Labute approximate surface area is 175 Å². The SMILES string of the molecule is Cc1ccc2c3ccc(C)cc3c3[nH]c(-c4c[nH]c5ccc(Br)cc45)nc3c2c1. The van der Waals surface area contributed by atoms with E-state index in [0.717, 1.165) is 37.8 Å². The predicted octanol–water partition coefficient (Wildman–Crippen LogP) is 7.40. The van der Waals surface area contributed by atoms with Gasteiger partial charge < -0.3 is 9.97 Å². The predicted molar refractivity (Wildman–Crippen MR) is 126 cm³/mol. The molecule has 2 heterocycles. The Balaban J connectivity index is 1.77. The Morgan fingerprint density at radius 2 is 1.48 bits per heavy atom. The number of hydrogen-bond acceptors (Lipinski definition) is 1. The molecule has 0 spiro atoms. The van der Waals surface area contributed by atoms with Gasteiger partial charge in [0, 0.05) is 37.9 Å². The largest absolute Gasteiger partial charge is 0.360 e. The smallest absolute Gasteiger partial charge is 0.140 e. The first-order chi connectivity index (χ1) is 14.1. The Kier molecular flexibility index (Phi) is 3.44. The summed E-state index contributed by atoms with van der Waals surface area (Å²) in [6, 6.07) is 19.6. The first kappa shape index (κ1) is 16.8. The van der Waals surface area contributed by atoms with Gasteiger partial charge in [-0.3, -0.25) is 0 Å². The lowest BCUT2D eigenvalue weighted by Crippen LogP contribution is -1.84. The molecule has 2 aromatic heterocycles. The van der Waals surface area contributed by atoms with Crippen molar-refractivity contribution in [2.24, 2.45) is 0 Å². The van der Waals surface area contributed by atoms with E-state index in [-0.39, 0.29) is 0 Å². The number of nitrogens with zero attached hydrogens (tertiary/aromatic N) is 1. The molecule has 0 aliphatic rings. The molecule has 140 valence electrons. The summed E-state index contributed by atoms with van der Waals surface area (Å²) in [6.45, 7) is 4.27. The molecule has 4 heteroatoms. The van der Waals surface area contributed by atoms with Gasteiger partial charge in [0.1, 0.15) is 5.82 Å². The molecule has 6 aromatic rings. The number of H-pyrrole nitrogens is 2. The molecule has 0 aliphatic heterocycles. The third-order valence-electron chi connectivity index (χ3n) is 5.77. The molecule has 0 aliphatic carbocycles. The van der Waals surface area contributed by atoms with Crippen LogP contribution in [0.3, 0.4) is 0 Å². The van der Waals surface area contributed by atoms with Crippen LogP contribution in [-0.4, -0.2) is 15.0 Å². The summed E-state index contributed by atoms with van der Waals surface area (Å²) in [6.07, 6.45) is 2.04. The average Bonchev–Trinajstić information content (AvgIpc) is 3.32. The van der Waals surface area contributed by atoms with Crippen molar-refractivity contribution in [1.82, 2.24) is 15.0 Å².